The highest BCUT2D eigenvalue weighted by Gasteiger charge is 2.51. The minimum atomic E-state index is -1.89. The van der Waals surface area contributed by atoms with Crippen molar-refractivity contribution in [3.05, 3.63) is 94.4 Å². The zero-order chi connectivity index (χ0) is 54.9. The summed E-state index contributed by atoms with van der Waals surface area (Å²) in [6.07, 6.45) is 6.00. The van der Waals surface area contributed by atoms with Crippen LogP contribution in [0.5, 0.6) is 5.75 Å². The number of amides is 6. The quantitative estimate of drug-likeness (QED) is 0.0312. The van der Waals surface area contributed by atoms with Gasteiger partial charge in [-0.3, -0.25) is 33.7 Å². The largest absolute Gasteiger partial charge is 0.483 e. The van der Waals surface area contributed by atoms with Crippen LogP contribution in [-0.2, 0) is 32.3 Å². The maximum atomic E-state index is 14.4. The lowest BCUT2D eigenvalue weighted by molar-refractivity contribution is -0.145. The van der Waals surface area contributed by atoms with Crippen molar-refractivity contribution in [2.45, 2.75) is 136 Å². The number of hydrogen-bond donors (Lipinski definition) is 7. The molecule has 1 aliphatic carbocycles. The third kappa shape index (κ3) is 14.8. The summed E-state index contributed by atoms with van der Waals surface area (Å²) in [5.74, 6) is -1.92. The zero-order valence-corrected chi connectivity index (χ0v) is 45.6. The summed E-state index contributed by atoms with van der Waals surface area (Å²) in [5, 5.41) is 25.0. The molecule has 20 heteroatoms. The van der Waals surface area contributed by atoms with Gasteiger partial charge in [-0.2, -0.15) is 0 Å². The molecule has 77 heavy (non-hydrogen) atoms. The molecule has 7 N–H and O–H groups in total. The Morgan fingerprint density at radius 2 is 1.62 bits per heavy atom. The van der Waals surface area contributed by atoms with Gasteiger partial charge < -0.3 is 46.3 Å². The number of unbranched alkanes of at least 4 members (excludes halogenated alkanes) is 4. The Balaban J connectivity index is 0.735. The molecule has 4 atom stereocenters. The van der Waals surface area contributed by atoms with Gasteiger partial charge in [-0.15, -0.1) is 11.3 Å². The van der Waals surface area contributed by atoms with Gasteiger partial charge >= 0.3 is 0 Å². The highest BCUT2D eigenvalue weighted by atomic mass is 32.1. The van der Waals surface area contributed by atoms with Gasteiger partial charge in [0.25, 0.3) is 23.6 Å². The molecule has 2 aromatic heterocycles. The number of H-pyrrole nitrogens is 1. The molecule has 1 unspecified atom stereocenters. The molecule has 3 aromatic carbocycles. The second kappa shape index (κ2) is 25.1. The first-order chi connectivity index (χ1) is 36.8. The van der Waals surface area contributed by atoms with Gasteiger partial charge in [0.15, 0.2) is 12.3 Å². The van der Waals surface area contributed by atoms with Crippen LogP contribution in [0.1, 0.15) is 130 Å². The number of rotatable bonds is 24. The fourth-order valence-electron chi connectivity index (χ4n) is 9.93. The third-order valence-corrected chi connectivity index (χ3v) is 15.8. The number of alkyl halides is 1. The van der Waals surface area contributed by atoms with E-state index in [1.54, 1.807) is 29.8 Å². The van der Waals surface area contributed by atoms with Crippen molar-refractivity contribution < 1.29 is 43.0 Å². The van der Waals surface area contributed by atoms with Crippen LogP contribution in [0, 0.1) is 18.3 Å². The molecule has 412 valence electrons. The summed E-state index contributed by atoms with van der Waals surface area (Å²) >= 11 is 1.47. The second-order valence-electron chi connectivity index (χ2n) is 21.9. The van der Waals surface area contributed by atoms with Crippen molar-refractivity contribution >= 4 is 63.5 Å². The number of thiazole rings is 1. The zero-order valence-electron chi connectivity index (χ0n) is 44.8. The summed E-state index contributed by atoms with van der Waals surface area (Å²) in [4.78, 5) is 96.4. The fourth-order valence-corrected chi connectivity index (χ4v) is 10.7. The standard InChI is InChI=1S/C57H73FN10O8S/c1-35-12-11-25-67(35)32-48-65-44-20-19-41(27-45(44)66-48)64-52(72)38-15-13-37(14-16-38)51(71)60-24-10-8-6-7-9-23-59-49(70)33-76-47-26-39(50-36(2)63-34-77-50)17-18-40(47)29-61-53(73)46-28-42(69)31-68(46)54(74)43(56(3,4)5)30-62-55(75)57(58)21-22-57/h13-20,26-27,34-35,42-43,46,69H,6-12,21-25,28-33H2,1-5H3,(H,59,70)(H,60,71)(H,61,73)(H,62,75)(H,64,72)(H,65,66)/t35-,42+,43?,46-/m0/s1. The van der Waals surface area contributed by atoms with E-state index in [-0.39, 0.29) is 63.2 Å². The number of aryl methyl sites for hydroxylation is 1. The van der Waals surface area contributed by atoms with Crippen molar-refractivity contribution in [2.75, 3.05) is 44.6 Å². The number of β-amino-alcohol motifs (C(OH)–C–C–N with tert-alkyl or cyclic N) is 1. The topological polar surface area (TPSA) is 240 Å². The highest BCUT2D eigenvalue weighted by molar-refractivity contribution is 7.13. The average Bonchev–Trinajstić information content (AvgIpc) is 3.80. The summed E-state index contributed by atoms with van der Waals surface area (Å²) in [5.41, 5.74) is 4.71. The smallest absolute Gasteiger partial charge is 0.257 e. The maximum absolute atomic E-state index is 14.4. The van der Waals surface area contributed by atoms with E-state index in [4.69, 9.17) is 9.72 Å². The predicted molar refractivity (Wildman–Crippen MR) is 293 cm³/mol. The first-order valence-corrected chi connectivity index (χ1v) is 27.8. The molecule has 6 amide bonds. The minimum absolute atomic E-state index is 0.00633. The number of aromatic nitrogens is 3. The molecule has 0 spiro atoms. The number of aliphatic hydroxyl groups is 1. The number of anilines is 1. The number of carbonyl (C=O) groups is 6. The normalized spacial score (nSPS) is 18.4. The van der Waals surface area contributed by atoms with Gasteiger partial charge in [-0.25, -0.2) is 14.4 Å². The minimum Gasteiger partial charge on any atom is -0.483 e. The number of ether oxygens (including phenoxy) is 1. The Morgan fingerprint density at radius 3 is 2.30 bits per heavy atom. The number of halogens is 1. The molecule has 0 bridgehead atoms. The van der Waals surface area contributed by atoms with Crippen molar-refractivity contribution in [3.63, 3.8) is 0 Å². The number of aromatic amines is 1. The molecule has 8 rings (SSSR count). The maximum Gasteiger partial charge on any atom is 0.257 e. The first-order valence-electron chi connectivity index (χ1n) is 26.9. The van der Waals surface area contributed by atoms with Crippen LogP contribution in [0.15, 0.2) is 66.2 Å². The lowest BCUT2D eigenvalue weighted by atomic mass is 9.79. The highest BCUT2D eigenvalue weighted by Crippen LogP contribution is 2.40. The van der Waals surface area contributed by atoms with Crippen molar-refractivity contribution in [1.29, 1.82) is 0 Å². The van der Waals surface area contributed by atoms with Gasteiger partial charge in [0.05, 0.1) is 45.7 Å². The van der Waals surface area contributed by atoms with Crippen LogP contribution in [0.3, 0.4) is 0 Å². The van der Waals surface area contributed by atoms with Crippen LogP contribution in [0.4, 0.5) is 10.1 Å². The Kier molecular flexibility index (Phi) is 18.4. The van der Waals surface area contributed by atoms with E-state index in [0.717, 1.165) is 78.2 Å². The third-order valence-electron chi connectivity index (χ3n) is 14.9. The van der Waals surface area contributed by atoms with E-state index in [9.17, 15) is 38.3 Å². The monoisotopic (exact) mass is 1080 g/mol. The van der Waals surface area contributed by atoms with E-state index < -0.39 is 46.9 Å². The number of carbonyl (C=O) groups excluding carboxylic acids is 6. The molecule has 3 aliphatic rings. The number of fused-ring (bicyclic) bond motifs is 1. The number of benzene rings is 3. The lowest BCUT2D eigenvalue weighted by Gasteiger charge is -2.35. The summed E-state index contributed by atoms with van der Waals surface area (Å²) in [6.45, 7) is 12.0. The molecule has 5 aromatic rings. The lowest BCUT2D eigenvalue weighted by Crippen LogP contribution is -2.52. The van der Waals surface area contributed by atoms with Crippen molar-refractivity contribution in [3.8, 4) is 16.2 Å². The van der Waals surface area contributed by atoms with Gasteiger partial charge in [0.2, 0.25) is 11.8 Å². The van der Waals surface area contributed by atoms with Crippen molar-refractivity contribution in [1.82, 2.24) is 46.0 Å². The molecule has 2 aliphatic heterocycles. The first kappa shape index (κ1) is 56.4. The molecule has 4 heterocycles. The number of hydrogen-bond acceptors (Lipinski definition) is 12. The van der Waals surface area contributed by atoms with E-state index >= 15 is 0 Å². The summed E-state index contributed by atoms with van der Waals surface area (Å²) in [7, 11) is 0. The Bertz CT molecular complexity index is 2920. The number of nitrogens with zero attached hydrogens (tertiary/aromatic N) is 4. The van der Waals surface area contributed by atoms with Crippen LogP contribution < -0.4 is 31.3 Å². The molecular weight excluding hydrogens is 1000 g/mol. The average molecular weight is 1080 g/mol. The Hall–Kier alpha value is -6.77. The van der Waals surface area contributed by atoms with Gasteiger partial charge in [0, 0.05) is 67.6 Å². The van der Waals surface area contributed by atoms with Crippen LogP contribution in [-0.4, -0.2) is 128 Å². The molecule has 18 nitrogen and oxygen atoms in total. The van der Waals surface area contributed by atoms with Crippen LogP contribution in [0.25, 0.3) is 21.5 Å². The number of imidazole rings is 1. The summed E-state index contributed by atoms with van der Waals surface area (Å²) in [6, 6.07) is 17.3. The van der Waals surface area contributed by atoms with E-state index in [2.05, 4.69) is 48.4 Å². The van der Waals surface area contributed by atoms with E-state index in [1.807, 2.05) is 64.1 Å². The number of nitrogens with one attached hydrogen (secondary N) is 6. The van der Waals surface area contributed by atoms with Gasteiger partial charge in [-0.05, 0) is 118 Å². The second-order valence-corrected chi connectivity index (χ2v) is 22.7. The number of aliphatic hydroxyl groups excluding tert-OH is 1. The van der Waals surface area contributed by atoms with E-state index in [0.29, 0.717) is 47.3 Å². The Labute approximate surface area is 453 Å². The molecular formula is C57H73FN10O8S. The molecule has 0 radical (unpaired) electrons. The van der Waals surface area contributed by atoms with E-state index in [1.165, 1.54) is 29.1 Å². The Morgan fingerprint density at radius 1 is 0.909 bits per heavy atom. The van der Waals surface area contributed by atoms with Crippen LogP contribution in [0.2, 0.25) is 0 Å². The van der Waals surface area contributed by atoms with Crippen molar-refractivity contribution in [2.24, 2.45) is 11.3 Å². The van der Waals surface area contributed by atoms with Crippen LogP contribution >= 0.6 is 11.3 Å². The van der Waals surface area contributed by atoms with Gasteiger partial charge in [0.1, 0.15) is 17.6 Å². The number of likely N-dealkylation sites (tertiary alicyclic amines) is 2. The molecule has 2 saturated heterocycles. The molecule has 3 fully saturated rings. The van der Waals surface area contributed by atoms with Gasteiger partial charge in [-0.1, -0.05) is 52.2 Å². The molecule has 1 saturated carbocycles. The fraction of sp³-hybridized carbons (Fsp3) is 0.509. The predicted octanol–water partition coefficient (Wildman–Crippen LogP) is 6.97. The summed E-state index contributed by atoms with van der Waals surface area (Å²) < 4.78 is 20.5. The SMILES string of the molecule is Cc1ncsc1-c1ccc(CNC(=O)[C@@H]2C[C@@H](O)CN2C(=O)C(CNC(=O)C2(F)CC2)C(C)(C)C)c(OCC(=O)NCCCCCCCNC(=O)c2ccc(C(=O)Nc3ccc4[nH]c(CN5CCC[C@@H]5C)nc4c3)cc2)c1.